The molecule has 1 aromatic rings. The third-order valence-electron chi connectivity index (χ3n) is 0.651. The predicted octanol–water partition coefficient (Wildman–Crippen LogP) is -0.0788. The first-order valence-corrected chi connectivity index (χ1v) is 2.04. The molecule has 0 unspecified atom stereocenters. The van der Waals surface area contributed by atoms with Crippen LogP contribution in [0.5, 0.6) is 0 Å². The zero-order valence-electron chi connectivity index (χ0n) is 4.92. The zero-order valence-corrected chi connectivity index (χ0v) is 7.76. The van der Waals surface area contributed by atoms with Crippen molar-refractivity contribution < 1.29 is 32.7 Å². The van der Waals surface area contributed by atoms with Crippen molar-refractivity contribution >= 4 is 0 Å². The first-order valence-electron chi connectivity index (χ1n) is 2.04. The van der Waals surface area contributed by atoms with Gasteiger partial charge in [-0.2, -0.15) is 0 Å². The standard InChI is InChI=1S/C4H6N3.Y/c1-4-3-5-7(2)6-4;/h1-2H3;/q-1;. The molecule has 1 heterocycles. The fourth-order valence-corrected chi connectivity index (χ4v) is 0.407. The first kappa shape index (κ1) is 8.24. The third-order valence-corrected chi connectivity index (χ3v) is 0.651. The molecule has 3 nitrogen and oxygen atoms in total. The minimum absolute atomic E-state index is 0. The maximum absolute atomic E-state index is 3.86. The summed E-state index contributed by atoms with van der Waals surface area (Å²) in [6.45, 7) is 1.85. The number of nitrogens with zero attached hydrogens (tertiary/aromatic N) is 3. The van der Waals surface area contributed by atoms with Crippen LogP contribution in [0, 0.1) is 13.1 Å². The van der Waals surface area contributed by atoms with Crippen LogP contribution in [0.2, 0.25) is 0 Å². The fourth-order valence-electron chi connectivity index (χ4n) is 0.407. The van der Waals surface area contributed by atoms with E-state index >= 15 is 0 Å². The van der Waals surface area contributed by atoms with E-state index in [9.17, 15) is 0 Å². The van der Waals surface area contributed by atoms with Gasteiger partial charge in [0.25, 0.3) is 0 Å². The third kappa shape index (κ3) is 2.01. The van der Waals surface area contributed by atoms with Crippen molar-refractivity contribution in [3.8, 4) is 0 Å². The van der Waals surface area contributed by atoms with Crippen LogP contribution >= 0.6 is 0 Å². The van der Waals surface area contributed by atoms with Gasteiger partial charge >= 0.3 is 0 Å². The maximum atomic E-state index is 3.86. The van der Waals surface area contributed by atoms with Gasteiger partial charge in [0.15, 0.2) is 0 Å². The number of aromatic nitrogens is 3. The van der Waals surface area contributed by atoms with E-state index in [-0.39, 0.29) is 32.7 Å². The Bertz CT molecular complexity index is 144. The molecule has 0 atom stereocenters. The van der Waals surface area contributed by atoms with Crippen molar-refractivity contribution in [3.05, 3.63) is 11.9 Å². The number of rotatable bonds is 0. The topological polar surface area (TPSA) is 30.7 Å². The van der Waals surface area contributed by atoms with Crippen LogP contribution in [-0.4, -0.2) is 15.0 Å². The first-order chi connectivity index (χ1) is 3.29. The summed E-state index contributed by atoms with van der Waals surface area (Å²) < 4.78 is 0. The van der Waals surface area contributed by atoms with Gasteiger partial charge in [0, 0.05) is 39.8 Å². The Morgan fingerprint density at radius 2 is 2.25 bits per heavy atom. The molecule has 41 valence electrons. The van der Waals surface area contributed by atoms with E-state index in [1.165, 1.54) is 4.80 Å². The minimum Gasteiger partial charge on any atom is -0.375 e. The average molecular weight is 185 g/mol. The summed E-state index contributed by atoms with van der Waals surface area (Å²) in [7, 11) is 1.77. The van der Waals surface area contributed by atoms with Gasteiger partial charge < -0.3 is 11.3 Å². The number of hydrogen-bond acceptors (Lipinski definition) is 2. The van der Waals surface area contributed by atoms with Crippen LogP contribution in [0.1, 0.15) is 5.69 Å². The van der Waals surface area contributed by atoms with Gasteiger partial charge in [-0.05, 0) is 0 Å². The Morgan fingerprint density at radius 3 is 2.38 bits per heavy atom. The van der Waals surface area contributed by atoms with Crippen LogP contribution in [0.25, 0.3) is 0 Å². The monoisotopic (exact) mass is 185 g/mol. The summed E-state index contributed by atoms with van der Waals surface area (Å²) in [5.41, 5.74) is 0.836. The van der Waals surface area contributed by atoms with Crippen LogP contribution in [-0.2, 0) is 39.8 Å². The fraction of sp³-hybridized carbons (Fsp3) is 0.500. The summed E-state index contributed by atoms with van der Waals surface area (Å²) in [5, 5.41) is 7.56. The Labute approximate surface area is 73.3 Å². The van der Waals surface area contributed by atoms with Gasteiger partial charge in [0.1, 0.15) is 0 Å². The van der Waals surface area contributed by atoms with E-state index in [2.05, 4.69) is 16.4 Å². The van der Waals surface area contributed by atoms with Crippen LogP contribution in [0.4, 0.5) is 0 Å². The minimum atomic E-state index is 0. The van der Waals surface area contributed by atoms with Crippen molar-refractivity contribution in [1.29, 1.82) is 0 Å². The molecule has 0 fully saturated rings. The van der Waals surface area contributed by atoms with E-state index in [0.717, 1.165) is 5.69 Å². The molecule has 0 aromatic carbocycles. The van der Waals surface area contributed by atoms with Crippen molar-refractivity contribution in [2.75, 3.05) is 0 Å². The molecule has 1 rings (SSSR count). The molecule has 0 saturated carbocycles. The molecule has 0 amide bonds. The maximum Gasteiger partial charge on any atom is 0.0462 e. The molecule has 0 bridgehead atoms. The molecule has 1 radical (unpaired) electrons. The van der Waals surface area contributed by atoms with Gasteiger partial charge in [0.2, 0.25) is 0 Å². The summed E-state index contributed by atoms with van der Waals surface area (Å²) >= 11 is 0. The SMILES string of the molecule is Cc1[c-]nn(C)n1.[Y]. The van der Waals surface area contributed by atoms with E-state index in [0.29, 0.717) is 0 Å². The number of hydrogen-bond donors (Lipinski definition) is 0. The van der Waals surface area contributed by atoms with E-state index in [4.69, 9.17) is 0 Å². The van der Waals surface area contributed by atoms with E-state index in [1.54, 1.807) is 7.05 Å². The Kier molecular flexibility index (Phi) is 3.41. The summed E-state index contributed by atoms with van der Waals surface area (Å²) in [6.07, 6.45) is 2.67. The second-order valence-electron chi connectivity index (χ2n) is 1.39. The van der Waals surface area contributed by atoms with Gasteiger partial charge in [-0.25, -0.2) is 9.90 Å². The average Bonchev–Trinajstić information content (AvgIpc) is 1.87. The van der Waals surface area contributed by atoms with E-state index in [1.807, 2.05) is 6.92 Å². The smallest absolute Gasteiger partial charge is 0.0462 e. The number of aryl methyl sites for hydroxylation is 2. The van der Waals surface area contributed by atoms with Crippen molar-refractivity contribution in [2.45, 2.75) is 6.92 Å². The molecule has 0 N–H and O–H groups in total. The van der Waals surface area contributed by atoms with Crippen molar-refractivity contribution in [1.82, 2.24) is 15.0 Å². The van der Waals surface area contributed by atoms with E-state index < -0.39 is 0 Å². The second-order valence-corrected chi connectivity index (χ2v) is 1.39. The molecule has 0 aliphatic carbocycles. The summed E-state index contributed by atoms with van der Waals surface area (Å²) in [5.74, 6) is 0. The zero-order chi connectivity index (χ0) is 5.28. The molecular weight excluding hydrogens is 179 g/mol. The van der Waals surface area contributed by atoms with Crippen LogP contribution in [0.3, 0.4) is 0 Å². The molecular formula is C4H6N3Y-. The van der Waals surface area contributed by atoms with Gasteiger partial charge in [-0.3, -0.25) is 0 Å². The largest absolute Gasteiger partial charge is 0.375 e. The van der Waals surface area contributed by atoms with Crippen molar-refractivity contribution in [2.24, 2.45) is 7.05 Å². The molecule has 0 aliphatic rings. The molecule has 8 heavy (non-hydrogen) atoms. The molecule has 0 saturated heterocycles. The van der Waals surface area contributed by atoms with Gasteiger partial charge in [0.05, 0.1) is 0 Å². The predicted molar refractivity (Wildman–Crippen MR) is 24.6 cm³/mol. The molecule has 4 heteroatoms. The normalized spacial score (nSPS) is 8.25. The molecule has 1 aromatic heterocycles. The van der Waals surface area contributed by atoms with Crippen LogP contribution < -0.4 is 0 Å². The van der Waals surface area contributed by atoms with Gasteiger partial charge in [-0.15, -0.1) is 5.69 Å². The van der Waals surface area contributed by atoms with Crippen LogP contribution in [0.15, 0.2) is 0 Å². The van der Waals surface area contributed by atoms with Gasteiger partial charge in [-0.1, -0.05) is 6.92 Å². The Morgan fingerprint density at radius 1 is 1.62 bits per heavy atom. The Hall–Kier alpha value is 0.244. The second kappa shape index (κ2) is 3.31. The molecule has 0 aliphatic heterocycles. The Balaban J connectivity index is 0.000000490. The van der Waals surface area contributed by atoms with Crippen molar-refractivity contribution in [3.63, 3.8) is 0 Å². The molecule has 0 spiro atoms. The quantitative estimate of drug-likeness (QED) is 0.529. The summed E-state index contributed by atoms with van der Waals surface area (Å²) in [4.78, 5) is 1.48. The summed E-state index contributed by atoms with van der Waals surface area (Å²) in [6, 6.07) is 0.